The molecule has 0 aliphatic rings. The third-order valence-electron chi connectivity index (χ3n) is 3.54. The summed E-state index contributed by atoms with van der Waals surface area (Å²) in [7, 11) is 0. The average molecular weight is 355 g/mol. The number of thiazole rings is 1. The van der Waals surface area contributed by atoms with E-state index in [-0.39, 0.29) is 5.91 Å². The molecule has 3 nitrogen and oxygen atoms in total. The molecule has 5 heteroatoms. The second kappa shape index (κ2) is 7.64. The standard InChI is InChI=1S/C19H18N2OS2/c1-3-23-19-20-16(14-10-5-4-6-11-14)18(24-19)21-17(22)15-12-8-7-9-13(15)2/h4-12H,3H2,1-2H3,(H,21,22). The monoisotopic (exact) mass is 354 g/mol. The fourth-order valence-electron chi connectivity index (χ4n) is 2.36. The van der Waals surface area contributed by atoms with E-state index < -0.39 is 0 Å². The number of benzene rings is 2. The van der Waals surface area contributed by atoms with Crippen molar-refractivity contribution in [2.75, 3.05) is 11.1 Å². The molecule has 1 amide bonds. The van der Waals surface area contributed by atoms with E-state index in [0.29, 0.717) is 5.56 Å². The van der Waals surface area contributed by atoms with Gasteiger partial charge in [0.2, 0.25) is 0 Å². The Morgan fingerprint density at radius 1 is 1.12 bits per heavy atom. The van der Waals surface area contributed by atoms with Gasteiger partial charge in [0.25, 0.3) is 5.91 Å². The first kappa shape index (κ1) is 16.7. The number of rotatable bonds is 5. The number of amides is 1. The summed E-state index contributed by atoms with van der Waals surface area (Å²) in [5.74, 6) is 0.856. The summed E-state index contributed by atoms with van der Waals surface area (Å²) in [6, 6.07) is 17.6. The molecule has 0 aliphatic heterocycles. The van der Waals surface area contributed by atoms with Crippen LogP contribution >= 0.6 is 23.1 Å². The van der Waals surface area contributed by atoms with Gasteiger partial charge in [-0.2, -0.15) is 0 Å². The molecule has 2 aromatic carbocycles. The molecular formula is C19H18N2OS2. The van der Waals surface area contributed by atoms with E-state index in [0.717, 1.165) is 31.9 Å². The molecule has 1 heterocycles. The van der Waals surface area contributed by atoms with Crippen molar-refractivity contribution in [3.05, 3.63) is 65.7 Å². The highest BCUT2D eigenvalue weighted by Gasteiger charge is 2.17. The van der Waals surface area contributed by atoms with Gasteiger partial charge in [0.15, 0.2) is 4.34 Å². The number of hydrogen-bond donors (Lipinski definition) is 1. The zero-order valence-electron chi connectivity index (χ0n) is 13.6. The summed E-state index contributed by atoms with van der Waals surface area (Å²) in [5.41, 5.74) is 3.49. The Morgan fingerprint density at radius 2 is 1.83 bits per heavy atom. The predicted octanol–water partition coefficient (Wildman–Crippen LogP) is 5.48. The van der Waals surface area contributed by atoms with Crippen LogP contribution in [0.3, 0.4) is 0 Å². The van der Waals surface area contributed by atoms with Gasteiger partial charge < -0.3 is 5.32 Å². The number of carbonyl (C=O) groups is 1. The Bertz CT molecular complexity index is 844. The van der Waals surface area contributed by atoms with E-state index in [1.165, 1.54) is 11.3 Å². The quantitative estimate of drug-likeness (QED) is 0.617. The van der Waals surface area contributed by atoms with Gasteiger partial charge in [-0.15, -0.1) is 0 Å². The van der Waals surface area contributed by atoms with Crippen molar-refractivity contribution in [2.45, 2.75) is 18.2 Å². The number of hydrogen-bond acceptors (Lipinski definition) is 4. The van der Waals surface area contributed by atoms with E-state index >= 15 is 0 Å². The van der Waals surface area contributed by atoms with Crippen LogP contribution in [0.15, 0.2) is 58.9 Å². The number of anilines is 1. The number of thioether (sulfide) groups is 1. The van der Waals surface area contributed by atoms with Crippen LogP contribution in [0.1, 0.15) is 22.8 Å². The first-order valence-electron chi connectivity index (χ1n) is 7.75. The second-order valence-corrected chi connectivity index (χ2v) is 7.74. The molecule has 0 atom stereocenters. The van der Waals surface area contributed by atoms with Crippen molar-refractivity contribution in [3.8, 4) is 11.3 Å². The topological polar surface area (TPSA) is 42.0 Å². The van der Waals surface area contributed by atoms with Crippen LogP contribution < -0.4 is 5.32 Å². The molecular weight excluding hydrogens is 336 g/mol. The van der Waals surface area contributed by atoms with Gasteiger partial charge in [0.05, 0.1) is 0 Å². The highest BCUT2D eigenvalue weighted by molar-refractivity contribution is 8.01. The molecule has 0 unspecified atom stereocenters. The van der Waals surface area contributed by atoms with Crippen molar-refractivity contribution in [1.29, 1.82) is 0 Å². The Labute approximate surface area is 150 Å². The Morgan fingerprint density at radius 3 is 2.54 bits per heavy atom. The zero-order chi connectivity index (χ0) is 16.9. The molecule has 3 aromatic rings. The number of aryl methyl sites for hydroxylation is 1. The van der Waals surface area contributed by atoms with E-state index in [9.17, 15) is 4.79 Å². The predicted molar refractivity (Wildman–Crippen MR) is 103 cm³/mol. The smallest absolute Gasteiger partial charge is 0.256 e. The van der Waals surface area contributed by atoms with Gasteiger partial charge in [0.1, 0.15) is 10.7 Å². The fraction of sp³-hybridized carbons (Fsp3) is 0.158. The SMILES string of the molecule is CCSc1nc(-c2ccccc2)c(NC(=O)c2ccccc2C)s1. The van der Waals surface area contributed by atoms with E-state index in [2.05, 4.69) is 12.2 Å². The lowest BCUT2D eigenvalue weighted by Gasteiger charge is -2.07. The van der Waals surface area contributed by atoms with E-state index in [1.807, 2.05) is 61.5 Å². The maximum atomic E-state index is 12.6. The Hall–Kier alpha value is -2.11. The molecule has 0 saturated heterocycles. The van der Waals surface area contributed by atoms with Crippen LogP contribution in [-0.2, 0) is 0 Å². The molecule has 0 bridgehead atoms. The third kappa shape index (κ3) is 3.68. The maximum absolute atomic E-state index is 12.6. The summed E-state index contributed by atoms with van der Waals surface area (Å²) in [6.07, 6.45) is 0. The first-order valence-corrected chi connectivity index (χ1v) is 9.55. The van der Waals surface area contributed by atoms with E-state index in [4.69, 9.17) is 4.98 Å². The highest BCUT2D eigenvalue weighted by Crippen LogP contribution is 2.37. The van der Waals surface area contributed by atoms with Gasteiger partial charge in [-0.1, -0.05) is 78.6 Å². The first-order chi connectivity index (χ1) is 11.7. The van der Waals surface area contributed by atoms with Crippen molar-refractivity contribution in [3.63, 3.8) is 0 Å². The zero-order valence-corrected chi connectivity index (χ0v) is 15.2. The van der Waals surface area contributed by atoms with Crippen molar-refractivity contribution in [2.24, 2.45) is 0 Å². The van der Waals surface area contributed by atoms with Gasteiger partial charge in [0, 0.05) is 11.1 Å². The lowest BCUT2D eigenvalue weighted by atomic mass is 10.1. The van der Waals surface area contributed by atoms with Gasteiger partial charge >= 0.3 is 0 Å². The van der Waals surface area contributed by atoms with Crippen molar-refractivity contribution >= 4 is 34.0 Å². The lowest BCUT2D eigenvalue weighted by molar-refractivity contribution is 0.102. The van der Waals surface area contributed by atoms with Gasteiger partial charge in [-0.3, -0.25) is 4.79 Å². The molecule has 0 radical (unpaired) electrons. The van der Waals surface area contributed by atoms with Gasteiger partial charge in [-0.05, 0) is 24.3 Å². The summed E-state index contributed by atoms with van der Waals surface area (Å²) in [5, 5.41) is 3.85. The van der Waals surface area contributed by atoms with Crippen LogP contribution in [0.25, 0.3) is 11.3 Å². The number of nitrogens with zero attached hydrogens (tertiary/aromatic N) is 1. The number of aromatic nitrogens is 1. The molecule has 122 valence electrons. The maximum Gasteiger partial charge on any atom is 0.256 e. The van der Waals surface area contributed by atoms with Crippen molar-refractivity contribution in [1.82, 2.24) is 4.98 Å². The van der Waals surface area contributed by atoms with E-state index in [1.54, 1.807) is 11.8 Å². The summed E-state index contributed by atoms with van der Waals surface area (Å²) >= 11 is 3.21. The normalized spacial score (nSPS) is 10.6. The van der Waals surface area contributed by atoms with Crippen LogP contribution in [0, 0.1) is 6.92 Å². The third-order valence-corrected chi connectivity index (χ3v) is 5.54. The fourth-order valence-corrected chi connectivity index (χ4v) is 4.32. The average Bonchev–Trinajstić information content (AvgIpc) is 2.99. The summed E-state index contributed by atoms with van der Waals surface area (Å²) < 4.78 is 0.969. The lowest BCUT2D eigenvalue weighted by Crippen LogP contribution is -2.12. The molecule has 1 aromatic heterocycles. The van der Waals surface area contributed by atoms with Crippen LogP contribution in [0.2, 0.25) is 0 Å². The molecule has 0 saturated carbocycles. The summed E-state index contributed by atoms with van der Waals surface area (Å²) in [4.78, 5) is 17.4. The largest absolute Gasteiger partial charge is 0.312 e. The molecule has 0 fully saturated rings. The minimum absolute atomic E-state index is 0.0954. The molecule has 3 rings (SSSR count). The molecule has 1 N–H and O–H groups in total. The second-order valence-electron chi connectivity index (χ2n) is 5.23. The Balaban J connectivity index is 1.95. The molecule has 0 aliphatic carbocycles. The molecule has 0 spiro atoms. The summed E-state index contributed by atoms with van der Waals surface area (Å²) in [6.45, 7) is 4.04. The minimum atomic E-state index is -0.0954. The van der Waals surface area contributed by atoms with Crippen LogP contribution in [0.4, 0.5) is 5.00 Å². The van der Waals surface area contributed by atoms with Crippen molar-refractivity contribution < 1.29 is 4.79 Å². The van der Waals surface area contributed by atoms with Crippen LogP contribution in [-0.4, -0.2) is 16.6 Å². The molecule has 24 heavy (non-hydrogen) atoms. The minimum Gasteiger partial charge on any atom is -0.312 e. The highest BCUT2D eigenvalue weighted by atomic mass is 32.2. The number of nitrogens with one attached hydrogen (secondary N) is 1. The van der Waals surface area contributed by atoms with Gasteiger partial charge in [-0.25, -0.2) is 4.98 Å². The van der Waals surface area contributed by atoms with Crippen LogP contribution in [0.5, 0.6) is 0 Å². The Kier molecular flexibility index (Phi) is 5.33. The number of carbonyl (C=O) groups excluding carboxylic acids is 1.